The SMILES string of the molecule is CC1(C)CCN(CC2CCCCCC2O)CCS1. The van der Waals surface area contributed by atoms with Crippen LogP contribution in [-0.2, 0) is 0 Å². The molecule has 2 aliphatic rings. The van der Waals surface area contributed by atoms with E-state index in [4.69, 9.17) is 0 Å². The van der Waals surface area contributed by atoms with Gasteiger partial charge in [-0.25, -0.2) is 0 Å². The minimum Gasteiger partial charge on any atom is -0.393 e. The zero-order chi connectivity index (χ0) is 13.0. The Kier molecular flexibility index (Phi) is 5.40. The van der Waals surface area contributed by atoms with E-state index in [9.17, 15) is 5.11 Å². The standard InChI is InChI=1S/C15H29NOS/c1-15(2)8-9-16(10-11-18-15)12-13-6-4-3-5-7-14(13)17/h13-14,17H,3-12H2,1-2H3. The van der Waals surface area contributed by atoms with E-state index >= 15 is 0 Å². The Bertz CT molecular complexity index is 257. The molecule has 0 radical (unpaired) electrons. The van der Waals surface area contributed by atoms with Gasteiger partial charge in [0.15, 0.2) is 0 Å². The summed E-state index contributed by atoms with van der Waals surface area (Å²) >= 11 is 2.11. The molecule has 2 rings (SSSR count). The lowest BCUT2D eigenvalue weighted by Gasteiger charge is -2.28. The number of thioether (sulfide) groups is 1. The summed E-state index contributed by atoms with van der Waals surface area (Å²) < 4.78 is 0.441. The van der Waals surface area contributed by atoms with E-state index in [2.05, 4.69) is 30.5 Å². The van der Waals surface area contributed by atoms with E-state index in [0.29, 0.717) is 10.7 Å². The van der Waals surface area contributed by atoms with Crippen LogP contribution in [0.25, 0.3) is 0 Å². The Morgan fingerprint density at radius 3 is 2.78 bits per heavy atom. The zero-order valence-electron chi connectivity index (χ0n) is 12.0. The predicted octanol–water partition coefficient (Wildman–Crippen LogP) is 3.15. The molecule has 0 bridgehead atoms. The van der Waals surface area contributed by atoms with E-state index in [0.717, 1.165) is 13.0 Å². The first-order valence-electron chi connectivity index (χ1n) is 7.61. The van der Waals surface area contributed by atoms with Crippen LogP contribution in [0.4, 0.5) is 0 Å². The summed E-state index contributed by atoms with van der Waals surface area (Å²) in [5, 5.41) is 10.2. The number of hydrogen-bond donors (Lipinski definition) is 1. The van der Waals surface area contributed by atoms with Crippen LogP contribution in [0.2, 0.25) is 0 Å². The third kappa shape index (κ3) is 4.43. The lowest BCUT2D eigenvalue weighted by molar-refractivity contribution is 0.0747. The average molecular weight is 271 g/mol. The van der Waals surface area contributed by atoms with Crippen molar-refractivity contribution in [1.82, 2.24) is 4.90 Å². The molecule has 0 amide bonds. The molecule has 2 fully saturated rings. The van der Waals surface area contributed by atoms with Gasteiger partial charge in [-0.15, -0.1) is 0 Å². The van der Waals surface area contributed by atoms with Crippen LogP contribution in [0.5, 0.6) is 0 Å². The van der Waals surface area contributed by atoms with Gasteiger partial charge in [0.25, 0.3) is 0 Å². The van der Waals surface area contributed by atoms with Crippen LogP contribution < -0.4 is 0 Å². The molecule has 2 atom stereocenters. The molecule has 1 saturated carbocycles. The van der Waals surface area contributed by atoms with Gasteiger partial charge in [-0.1, -0.05) is 33.1 Å². The van der Waals surface area contributed by atoms with E-state index in [1.807, 2.05) is 0 Å². The minimum atomic E-state index is -0.0450. The summed E-state index contributed by atoms with van der Waals surface area (Å²) in [5.41, 5.74) is 0. The van der Waals surface area contributed by atoms with E-state index < -0.39 is 0 Å². The molecule has 3 heteroatoms. The fourth-order valence-electron chi connectivity index (χ4n) is 3.15. The molecule has 0 spiro atoms. The predicted molar refractivity (Wildman–Crippen MR) is 80.2 cm³/mol. The largest absolute Gasteiger partial charge is 0.393 e. The summed E-state index contributed by atoms with van der Waals surface area (Å²) in [5.74, 6) is 1.77. The van der Waals surface area contributed by atoms with Crippen molar-refractivity contribution in [2.24, 2.45) is 5.92 Å². The number of aliphatic hydroxyl groups excluding tert-OH is 1. The number of aliphatic hydroxyl groups is 1. The summed E-state index contributed by atoms with van der Waals surface area (Å²) in [7, 11) is 0. The highest BCUT2D eigenvalue weighted by molar-refractivity contribution is 8.00. The molecule has 18 heavy (non-hydrogen) atoms. The van der Waals surface area contributed by atoms with Crippen molar-refractivity contribution < 1.29 is 5.11 Å². The summed E-state index contributed by atoms with van der Waals surface area (Å²) in [6.45, 7) is 8.27. The Morgan fingerprint density at radius 1 is 1.17 bits per heavy atom. The third-order valence-electron chi connectivity index (χ3n) is 4.54. The molecular weight excluding hydrogens is 242 g/mol. The molecule has 1 N–H and O–H groups in total. The smallest absolute Gasteiger partial charge is 0.0580 e. The first-order chi connectivity index (χ1) is 8.57. The molecule has 1 aliphatic carbocycles. The second kappa shape index (κ2) is 6.62. The van der Waals surface area contributed by atoms with Crippen LogP contribution in [0.15, 0.2) is 0 Å². The van der Waals surface area contributed by atoms with E-state index in [1.54, 1.807) is 0 Å². The summed E-state index contributed by atoms with van der Waals surface area (Å²) in [6, 6.07) is 0. The second-order valence-corrected chi connectivity index (χ2v) is 8.43. The highest BCUT2D eigenvalue weighted by Gasteiger charge is 2.27. The second-order valence-electron chi connectivity index (χ2n) is 6.62. The fourth-order valence-corrected chi connectivity index (χ4v) is 4.29. The molecule has 2 nitrogen and oxygen atoms in total. The lowest BCUT2D eigenvalue weighted by Crippen LogP contribution is -2.36. The van der Waals surface area contributed by atoms with Gasteiger partial charge in [-0.2, -0.15) is 11.8 Å². The molecular formula is C15H29NOS. The number of nitrogens with zero attached hydrogens (tertiary/aromatic N) is 1. The Labute approximate surface area is 117 Å². The van der Waals surface area contributed by atoms with Gasteiger partial charge in [0.05, 0.1) is 6.10 Å². The van der Waals surface area contributed by atoms with Gasteiger partial charge < -0.3 is 10.0 Å². The monoisotopic (exact) mass is 271 g/mol. The molecule has 1 heterocycles. The topological polar surface area (TPSA) is 23.5 Å². The Hall–Kier alpha value is 0.270. The van der Waals surface area contributed by atoms with Crippen molar-refractivity contribution >= 4 is 11.8 Å². The van der Waals surface area contributed by atoms with Crippen molar-refractivity contribution in [2.75, 3.05) is 25.4 Å². The molecule has 0 aromatic heterocycles. The normalized spacial score (nSPS) is 34.8. The lowest BCUT2D eigenvalue weighted by atomic mass is 9.96. The first kappa shape index (κ1) is 14.7. The van der Waals surface area contributed by atoms with Gasteiger partial charge in [0.2, 0.25) is 0 Å². The van der Waals surface area contributed by atoms with Crippen LogP contribution in [0, 0.1) is 5.92 Å². The van der Waals surface area contributed by atoms with Gasteiger partial charge >= 0.3 is 0 Å². The maximum atomic E-state index is 10.2. The van der Waals surface area contributed by atoms with Crippen LogP contribution >= 0.6 is 11.8 Å². The van der Waals surface area contributed by atoms with Crippen molar-refractivity contribution in [2.45, 2.75) is 63.2 Å². The molecule has 0 aromatic carbocycles. The molecule has 1 saturated heterocycles. The third-order valence-corrected chi connectivity index (χ3v) is 5.91. The minimum absolute atomic E-state index is 0.0450. The van der Waals surface area contributed by atoms with Gasteiger partial charge in [-0.05, 0) is 31.7 Å². The maximum Gasteiger partial charge on any atom is 0.0580 e. The first-order valence-corrected chi connectivity index (χ1v) is 8.60. The fraction of sp³-hybridized carbons (Fsp3) is 1.00. The van der Waals surface area contributed by atoms with Gasteiger partial charge in [0, 0.05) is 23.6 Å². The van der Waals surface area contributed by atoms with Crippen molar-refractivity contribution in [3.05, 3.63) is 0 Å². The quantitative estimate of drug-likeness (QED) is 0.781. The Morgan fingerprint density at radius 2 is 1.94 bits per heavy atom. The Balaban J connectivity index is 1.84. The number of rotatable bonds is 2. The van der Waals surface area contributed by atoms with Crippen LogP contribution in [0.1, 0.15) is 52.4 Å². The zero-order valence-corrected chi connectivity index (χ0v) is 12.8. The van der Waals surface area contributed by atoms with Crippen LogP contribution in [0.3, 0.4) is 0 Å². The van der Waals surface area contributed by atoms with Crippen molar-refractivity contribution in [3.8, 4) is 0 Å². The van der Waals surface area contributed by atoms with Crippen molar-refractivity contribution in [3.63, 3.8) is 0 Å². The highest BCUT2D eigenvalue weighted by atomic mass is 32.2. The molecule has 2 unspecified atom stereocenters. The van der Waals surface area contributed by atoms with Crippen LogP contribution in [-0.4, -0.2) is 46.2 Å². The summed E-state index contributed by atoms with van der Waals surface area (Å²) in [6.07, 6.45) is 7.34. The average Bonchev–Trinajstić information content (AvgIpc) is 2.60. The molecule has 0 aromatic rings. The van der Waals surface area contributed by atoms with Crippen molar-refractivity contribution in [1.29, 1.82) is 0 Å². The summed E-state index contributed by atoms with van der Waals surface area (Å²) in [4.78, 5) is 2.60. The molecule has 106 valence electrons. The highest BCUT2D eigenvalue weighted by Crippen LogP contribution is 2.32. The molecule has 1 aliphatic heterocycles. The van der Waals surface area contributed by atoms with E-state index in [-0.39, 0.29) is 6.10 Å². The van der Waals surface area contributed by atoms with Gasteiger partial charge in [-0.3, -0.25) is 0 Å². The van der Waals surface area contributed by atoms with Gasteiger partial charge in [0.1, 0.15) is 0 Å². The maximum absolute atomic E-state index is 10.2. The number of hydrogen-bond acceptors (Lipinski definition) is 3. The van der Waals surface area contributed by atoms with E-state index in [1.165, 1.54) is 50.9 Å².